The van der Waals surface area contributed by atoms with Gasteiger partial charge in [0.1, 0.15) is 5.54 Å². The van der Waals surface area contributed by atoms with Crippen LogP contribution >= 0.6 is 0 Å². The Bertz CT molecular complexity index is 358. The highest BCUT2D eigenvalue weighted by molar-refractivity contribution is 5.86. The van der Waals surface area contributed by atoms with Gasteiger partial charge in [-0.15, -0.1) is 0 Å². The molecule has 2 aliphatic rings. The number of rotatable bonds is 7. The Kier molecular flexibility index (Phi) is 5.63. The monoisotopic (exact) mass is 296 g/mol. The van der Waals surface area contributed by atoms with Gasteiger partial charge >= 0.3 is 0 Å². The summed E-state index contributed by atoms with van der Waals surface area (Å²) >= 11 is 0. The van der Waals surface area contributed by atoms with Gasteiger partial charge in [0.2, 0.25) is 5.91 Å². The zero-order valence-corrected chi connectivity index (χ0v) is 13.9. The Morgan fingerprint density at radius 1 is 1.38 bits per heavy atom. The predicted octanol–water partition coefficient (Wildman–Crippen LogP) is 0.646. The van der Waals surface area contributed by atoms with E-state index in [1.165, 1.54) is 0 Å². The van der Waals surface area contributed by atoms with Crippen molar-refractivity contribution < 1.29 is 4.79 Å². The minimum atomic E-state index is -0.521. The lowest BCUT2D eigenvalue weighted by Crippen LogP contribution is -2.64. The third-order valence-corrected chi connectivity index (χ3v) is 5.04. The van der Waals surface area contributed by atoms with E-state index < -0.39 is 5.54 Å². The summed E-state index contributed by atoms with van der Waals surface area (Å²) in [7, 11) is 2.18. The Labute approximate surface area is 129 Å². The van der Waals surface area contributed by atoms with Crippen molar-refractivity contribution in [2.75, 3.05) is 39.8 Å². The molecule has 2 rings (SSSR count). The van der Waals surface area contributed by atoms with E-state index >= 15 is 0 Å². The molecule has 1 aliphatic heterocycles. The standard InChI is InChI=1S/C16H32N4O/c1-4-8-18-16(15(17)21,14-6-7-14)12-20-10-5-9-19(3)11-13(20)2/h13-14,18H,4-12H2,1-3H3,(H2,17,21). The number of nitrogens with zero attached hydrogens (tertiary/aromatic N) is 2. The van der Waals surface area contributed by atoms with Gasteiger partial charge in [0.15, 0.2) is 0 Å². The number of nitrogens with two attached hydrogens (primary N) is 1. The Hall–Kier alpha value is -0.650. The summed E-state index contributed by atoms with van der Waals surface area (Å²) in [6.07, 6.45) is 4.44. The van der Waals surface area contributed by atoms with Crippen molar-refractivity contribution in [3.8, 4) is 0 Å². The van der Waals surface area contributed by atoms with Crippen LogP contribution in [0.15, 0.2) is 0 Å². The highest BCUT2D eigenvalue weighted by Crippen LogP contribution is 2.40. The summed E-state index contributed by atoms with van der Waals surface area (Å²) in [5, 5.41) is 3.51. The van der Waals surface area contributed by atoms with Crippen LogP contribution in [-0.4, -0.2) is 67.1 Å². The van der Waals surface area contributed by atoms with E-state index in [4.69, 9.17) is 5.73 Å². The average molecular weight is 296 g/mol. The molecule has 5 heteroatoms. The van der Waals surface area contributed by atoms with Crippen LogP contribution < -0.4 is 11.1 Å². The van der Waals surface area contributed by atoms with Gasteiger partial charge in [-0.2, -0.15) is 0 Å². The molecule has 0 aromatic rings. The molecule has 0 aromatic heterocycles. The molecular formula is C16H32N4O. The lowest BCUT2D eigenvalue weighted by molar-refractivity contribution is -0.126. The highest BCUT2D eigenvalue weighted by atomic mass is 16.1. The van der Waals surface area contributed by atoms with Crippen LogP contribution in [0.25, 0.3) is 0 Å². The molecule has 21 heavy (non-hydrogen) atoms. The van der Waals surface area contributed by atoms with Crippen LogP contribution in [0.1, 0.15) is 39.5 Å². The van der Waals surface area contributed by atoms with Crippen LogP contribution in [-0.2, 0) is 4.79 Å². The van der Waals surface area contributed by atoms with E-state index in [2.05, 4.69) is 36.0 Å². The molecule has 3 N–H and O–H groups in total. The molecule has 0 radical (unpaired) electrons. The van der Waals surface area contributed by atoms with Gasteiger partial charge in [-0.25, -0.2) is 0 Å². The largest absolute Gasteiger partial charge is 0.368 e. The van der Waals surface area contributed by atoms with E-state index in [1.54, 1.807) is 0 Å². The summed E-state index contributed by atoms with van der Waals surface area (Å²) in [4.78, 5) is 17.1. The number of primary amides is 1. The molecule has 1 saturated carbocycles. The normalized spacial score (nSPS) is 28.0. The van der Waals surface area contributed by atoms with E-state index in [9.17, 15) is 4.79 Å². The van der Waals surface area contributed by atoms with Gasteiger partial charge < -0.3 is 16.0 Å². The third kappa shape index (κ3) is 3.96. The van der Waals surface area contributed by atoms with Crippen molar-refractivity contribution in [1.82, 2.24) is 15.1 Å². The molecule has 122 valence electrons. The molecule has 1 amide bonds. The molecule has 1 aliphatic carbocycles. The molecular weight excluding hydrogens is 264 g/mol. The summed E-state index contributed by atoms with van der Waals surface area (Å²) in [5.41, 5.74) is 5.32. The number of amides is 1. The van der Waals surface area contributed by atoms with Crippen molar-refractivity contribution in [3.63, 3.8) is 0 Å². The first-order chi connectivity index (χ1) is 9.99. The first kappa shape index (κ1) is 16.7. The summed E-state index contributed by atoms with van der Waals surface area (Å²) in [5.74, 6) is 0.262. The van der Waals surface area contributed by atoms with Crippen molar-refractivity contribution >= 4 is 5.91 Å². The van der Waals surface area contributed by atoms with Gasteiger partial charge in [-0.05, 0) is 65.2 Å². The maximum absolute atomic E-state index is 12.3. The topological polar surface area (TPSA) is 61.6 Å². The number of nitrogens with one attached hydrogen (secondary N) is 1. The lowest BCUT2D eigenvalue weighted by Gasteiger charge is -2.39. The number of hydrogen-bond acceptors (Lipinski definition) is 4. The predicted molar refractivity (Wildman–Crippen MR) is 86.1 cm³/mol. The summed E-state index contributed by atoms with van der Waals surface area (Å²) in [6, 6.07) is 0.471. The van der Waals surface area contributed by atoms with Gasteiger partial charge in [-0.1, -0.05) is 6.92 Å². The van der Waals surface area contributed by atoms with Gasteiger partial charge in [0.25, 0.3) is 0 Å². The molecule has 0 aromatic carbocycles. The van der Waals surface area contributed by atoms with E-state index in [-0.39, 0.29) is 5.91 Å². The maximum Gasteiger partial charge on any atom is 0.239 e. The summed E-state index contributed by atoms with van der Waals surface area (Å²) in [6.45, 7) is 9.28. The van der Waals surface area contributed by atoms with Gasteiger partial charge in [-0.3, -0.25) is 9.69 Å². The minimum Gasteiger partial charge on any atom is -0.368 e. The number of likely N-dealkylation sites (N-methyl/N-ethyl adjacent to an activating group) is 1. The summed E-state index contributed by atoms with van der Waals surface area (Å²) < 4.78 is 0. The first-order valence-corrected chi connectivity index (χ1v) is 8.47. The fourth-order valence-electron chi connectivity index (χ4n) is 3.60. The third-order valence-electron chi connectivity index (χ3n) is 5.04. The molecule has 1 saturated heterocycles. The second kappa shape index (κ2) is 7.07. The second-order valence-corrected chi connectivity index (χ2v) is 6.97. The minimum absolute atomic E-state index is 0.164. The van der Waals surface area contributed by atoms with E-state index in [1.807, 2.05) is 0 Å². The number of hydrogen-bond donors (Lipinski definition) is 2. The average Bonchev–Trinajstić information content (AvgIpc) is 3.25. The Balaban J connectivity index is 2.11. The van der Waals surface area contributed by atoms with E-state index in [0.29, 0.717) is 12.0 Å². The van der Waals surface area contributed by atoms with Crippen LogP contribution in [0.2, 0.25) is 0 Å². The fraction of sp³-hybridized carbons (Fsp3) is 0.938. The SMILES string of the molecule is CCCNC(CN1CCCN(C)CC1C)(C(N)=O)C1CC1. The molecule has 2 atom stereocenters. The smallest absolute Gasteiger partial charge is 0.239 e. The van der Waals surface area contributed by atoms with Crippen molar-refractivity contribution in [1.29, 1.82) is 0 Å². The maximum atomic E-state index is 12.3. The fourth-order valence-corrected chi connectivity index (χ4v) is 3.60. The quantitative estimate of drug-likeness (QED) is 0.724. The Morgan fingerprint density at radius 2 is 2.10 bits per heavy atom. The molecule has 1 heterocycles. The van der Waals surface area contributed by atoms with Gasteiger partial charge in [0, 0.05) is 19.1 Å². The number of carbonyl (C=O) groups is 1. The molecule has 0 spiro atoms. The molecule has 2 fully saturated rings. The zero-order valence-electron chi connectivity index (χ0n) is 13.9. The molecule has 2 unspecified atom stereocenters. The van der Waals surface area contributed by atoms with E-state index in [0.717, 1.165) is 58.4 Å². The van der Waals surface area contributed by atoms with Crippen LogP contribution in [0.3, 0.4) is 0 Å². The molecule has 0 bridgehead atoms. The van der Waals surface area contributed by atoms with Crippen LogP contribution in [0.4, 0.5) is 0 Å². The van der Waals surface area contributed by atoms with Crippen LogP contribution in [0.5, 0.6) is 0 Å². The van der Waals surface area contributed by atoms with Crippen molar-refractivity contribution in [3.05, 3.63) is 0 Å². The Morgan fingerprint density at radius 3 is 2.67 bits per heavy atom. The van der Waals surface area contributed by atoms with Crippen molar-refractivity contribution in [2.45, 2.75) is 51.1 Å². The number of carbonyl (C=O) groups excluding carboxylic acids is 1. The first-order valence-electron chi connectivity index (χ1n) is 8.47. The second-order valence-electron chi connectivity index (χ2n) is 6.97. The highest BCUT2D eigenvalue weighted by Gasteiger charge is 2.50. The van der Waals surface area contributed by atoms with Crippen molar-refractivity contribution in [2.24, 2.45) is 11.7 Å². The molecule has 5 nitrogen and oxygen atoms in total. The van der Waals surface area contributed by atoms with Gasteiger partial charge in [0.05, 0.1) is 0 Å². The van der Waals surface area contributed by atoms with Crippen LogP contribution in [0, 0.1) is 5.92 Å². The zero-order chi connectivity index (χ0) is 15.5. The lowest BCUT2D eigenvalue weighted by atomic mass is 9.90.